The summed E-state index contributed by atoms with van der Waals surface area (Å²) in [6.07, 6.45) is 20.8. The summed E-state index contributed by atoms with van der Waals surface area (Å²) in [5, 5.41) is 8.39. The van der Waals surface area contributed by atoms with Crippen LogP contribution < -0.4 is 19.4 Å². The normalized spacial score (nSPS) is 16.3. The van der Waals surface area contributed by atoms with Gasteiger partial charge in [-0.1, -0.05) is 170 Å². The smallest absolute Gasteiger partial charge is 0.159 e. The van der Waals surface area contributed by atoms with Crippen LogP contribution in [0.2, 0.25) is 0 Å². The third kappa shape index (κ3) is 7.63. The van der Waals surface area contributed by atoms with Gasteiger partial charge in [-0.25, -0.2) is 0 Å². The molecular formula is C77H55N3O3. The molecule has 0 N–H and O–H groups in total. The van der Waals surface area contributed by atoms with Crippen LogP contribution in [0.1, 0.15) is 30.7 Å². The minimum Gasteiger partial charge on any atom is -0.489 e. The molecule has 1 aliphatic carbocycles. The molecule has 5 heterocycles. The Hall–Kier alpha value is -10.3. The van der Waals surface area contributed by atoms with Gasteiger partial charge in [0.25, 0.3) is 0 Å². The van der Waals surface area contributed by atoms with E-state index in [4.69, 9.17) is 13.6 Å². The van der Waals surface area contributed by atoms with Crippen LogP contribution in [-0.2, 0) is 0 Å². The van der Waals surface area contributed by atoms with Gasteiger partial charge in [0.1, 0.15) is 28.6 Å². The van der Waals surface area contributed by atoms with Crippen molar-refractivity contribution in [1.82, 2.24) is 0 Å². The van der Waals surface area contributed by atoms with Crippen LogP contribution >= 0.6 is 0 Å². The van der Waals surface area contributed by atoms with E-state index in [1.165, 1.54) is 12.0 Å². The molecule has 0 radical (unpaired) electrons. The van der Waals surface area contributed by atoms with Crippen LogP contribution in [0.25, 0.3) is 110 Å². The van der Waals surface area contributed by atoms with Crippen LogP contribution in [0.3, 0.4) is 0 Å². The lowest BCUT2D eigenvalue weighted by atomic mass is 9.81. The average molecular weight is 1070 g/mol. The second kappa shape index (κ2) is 19.2. The Kier molecular flexibility index (Phi) is 11.0. The van der Waals surface area contributed by atoms with E-state index in [9.17, 15) is 0 Å². The molecule has 2 unspecified atom stereocenters. The fourth-order valence-corrected chi connectivity index (χ4v) is 14.1. The zero-order valence-corrected chi connectivity index (χ0v) is 45.6. The third-order valence-electron chi connectivity index (χ3n) is 17.8. The monoisotopic (exact) mass is 1070 g/mol. The van der Waals surface area contributed by atoms with Crippen molar-refractivity contribution in [2.75, 3.05) is 27.8 Å². The number of furan rings is 2. The SMILES string of the molecule is C1=CCN(c2ccc3c(c2)oc2c3c(N(c3ccccc3)c3ccc4c(c3)OC3CCCC43)cc3c(-c4cccc(-c5ccccc5)c4)c(-c4ccccc4)c4cc(-c5ccccc5)c5oc6c(N7C=CC=CC7)cccc6c5c4c32)C=C1. The highest BCUT2D eigenvalue weighted by molar-refractivity contribution is 6.40. The molecule has 6 heteroatoms. The molecule has 2 aromatic heterocycles. The van der Waals surface area contributed by atoms with Crippen molar-refractivity contribution in [2.45, 2.75) is 31.3 Å². The number of nitrogens with zero attached hydrogens (tertiary/aromatic N) is 3. The lowest BCUT2D eigenvalue weighted by molar-refractivity contribution is 0.225. The number of rotatable bonds is 9. The number of benzene rings is 11. The van der Waals surface area contributed by atoms with E-state index < -0.39 is 0 Å². The van der Waals surface area contributed by atoms with Crippen LogP contribution in [0.4, 0.5) is 28.4 Å². The molecule has 3 aliphatic heterocycles. The quantitative estimate of drug-likeness (QED) is 0.134. The predicted octanol–water partition coefficient (Wildman–Crippen LogP) is 20.7. The van der Waals surface area contributed by atoms with Gasteiger partial charge in [0.15, 0.2) is 5.58 Å². The number of anilines is 5. The molecule has 1 saturated carbocycles. The fourth-order valence-electron chi connectivity index (χ4n) is 14.1. The molecule has 0 amide bonds. The van der Waals surface area contributed by atoms with Gasteiger partial charge >= 0.3 is 0 Å². The van der Waals surface area contributed by atoms with E-state index in [1.54, 1.807) is 0 Å². The minimum absolute atomic E-state index is 0.219. The van der Waals surface area contributed by atoms with Gasteiger partial charge in [0.05, 0.1) is 16.8 Å². The van der Waals surface area contributed by atoms with Gasteiger partial charge in [-0.05, 0) is 136 Å². The number of hydrogen-bond donors (Lipinski definition) is 0. The Bertz CT molecular complexity index is 4880. The summed E-state index contributed by atoms with van der Waals surface area (Å²) in [6.45, 7) is 1.49. The van der Waals surface area contributed by atoms with E-state index in [0.29, 0.717) is 5.92 Å². The maximum absolute atomic E-state index is 7.82. The van der Waals surface area contributed by atoms with Gasteiger partial charge in [-0.3, -0.25) is 0 Å². The summed E-state index contributed by atoms with van der Waals surface area (Å²) in [7, 11) is 0. The summed E-state index contributed by atoms with van der Waals surface area (Å²) in [5.41, 5.74) is 18.6. The molecule has 0 saturated heterocycles. The van der Waals surface area contributed by atoms with Crippen molar-refractivity contribution in [3.05, 3.63) is 267 Å². The lowest BCUT2D eigenvalue weighted by Crippen LogP contribution is -2.17. The molecule has 13 aromatic rings. The molecule has 4 aliphatic rings. The van der Waals surface area contributed by atoms with Gasteiger partial charge in [-0.2, -0.15) is 0 Å². The van der Waals surface area contributed by atoms with E-state index >= 15 is 0 Å². The summed E-state index contributed by atoms with van der Waals surface area (Å²) in [6, 6.07) is 77.8. The zero-order chi connectivity index (χ0) is 54.5. The zero-order valence-electron chi connectivity index (χ0n) is 45.6. The van der Waals surface area contributed by atoms with Gasteiger partial charge in [0, 0.05) is 98.7 Å². The molecule has 0 spiro atoms. The van der Waals surface area contributed by atoms with Crippen molar-refractivity contribution >= 4 is 93.9 Å². The fraction of sp³-hybridized carbons (Fsp3) is 0.0909. The van der Waals surface area contributed by atoms with Crippen molar-refractivity contribution in [3.8, 4) is 50.3 Å². The second-order valence-corrected chi connectivity index (χ2v) is 22.5. The molecular weight excluding hydrogens is 1010 g/mol. The first kappa shape index (κ1) is 47.5. The van der Waals surface area contributed by atoms with Crippen LogP contribution in [-0.4, -0.2) is 19.2 Å². The highest BCUT2D eigenvalue weighted by Crippen LogP contribution is 2.57. The van der Waals surface area contributed by atoms with Crippen molar-refractivity contribution in [3.63, 3.8) is 0 Å². The van der Waals surface area contributed by atoms with Gasteiger partial charge in [0.2, 0.25) is 0 Å². The molecule has 83 heavy (non-hydrogen) atoms. The molecule has 6 nitrogen and oxygen atoms in total. The summed E-state index contributed by atoms with van der Waals surface area (Å²) >= 11 is 0. The van der Waals surface area contributed by atoms with E-state index in [2.05, 4.69) is 276 Å². The maximum Gasteiger partial charge on any atom is 0.159 e. The van der Waals surface area contributed by atoms with Crippen molar-refractivity contribution < 1.29 is 13.6 Å². The summed E-state index contributed by atoms with van der Waals surface area (Å²) in [4.78, 5) is 7.01. The molecule has 17 rings (SSSR count). The number of para-hydroxylation sites is 2. The molecule has 396 valence electrons. The molecule has 2 atom stereocenters. The maximum atomic E-state index is 7.82. The Morgan fingerprint density at radius 3 is 1.87 bits per heavy atom. The van der Waals surface area contributed by atoms with Crippen molar-refractivity contribution in [1.29, 1.82) is 0 Å². The number of allylic oxidation sites excluding steroid dienone is 4. The largest absolute Gasteiger partial charge is 0.489 e. The first-order valence-corrected chi connectivity index (χ1v) is 29.1. The minimum atomic E-state index is 0.219. The number of fused-ring (bicyclic) bond motifs is 14. The van der Waals surface area contributed by atoms with Gasteiger partial charge < -0.3 is 28.3 Å². The molecule has 11 aromatic carbocycles. The van der Waals surface area contributed by atoms with Crippen LogP contribution in [0, 0.1) is 0 Å². The summed E-state index contributed by atoms with van der Waals surface area (Å²) < 4.78 is 22.2. The Morgan fingerprint density at radius 2 is 1.10 bits per heavy atom. The number of hydrogen-bond acceptors (Lipinski definition) is 6. The molecule has 0 bridgehead atoms. The first-order valence-electron chi connectivity index (χ1n) is 29.1. The average Bonchev–Trinajstić information content (AvgIpc) is 1.87. The summed E-state index contributed by atoms with van der Waals surface area (Å²) in [5.74, 6) is 1.41. The second-order valence-electron chi connectivity index (χ2n) is 22.5. The van der Waals surface area contributed by atoms with Crippen LogP contribution in [0.15, 0.2) is 270 Å². The third-order valence-corrected chi connectivity index (χ3v) is 17.8. The number of ether oxygens (including phenoxy) is 1. The highest BCUT2D eigenvalue weighted by atomic mass is 16.5. The Labute approximate surface area is 481 Å². The van der Waals surface area contributed by atoms with E-state index in [1.807, 2.05) is 0 Å². The van der Waals surface area contributed by atoms with E-state index in [0.717, 1.165) is 170 Å². The topological polar surface area (TPSA) is 45.2 Å². The Morgan fingerprint density at radius 1 is 0.422 bits per heavy atom. The van der Waals surface area contributed by atoms with Crippen molar-refractivity contribution in [2.24, 2.45) is 0 Å². The highest BCUT2D eigenvalue weighted by Gasteiger charge is 2.39. The Balaban J connectivity index is 1.10. The molecule has 1 fully saturated rings. The lowest BCUT2D eigenvalue weighted by Gasteiger charge is -2.28. The standard InChI is InChI=1S/C77H55N3O3/c1-7-22-49(23-8-1)52-28-19-29-53(44-52)70-63-48-65(80(54-30-13-4-14-31-54)56-37-38-58-57-32-21-35-66(57)81-67(58)46-56)71-59-39-36-55(78-40-15-5-16-41-78)45-68(59)82-77(71)74(63)72-62(69(70)51-26-11-3-12-27-51)47-61(50-24-9-2-10-25-50)76-73(72)60-33-20-34-64(75(60)83-76)79-42-17-6-18-43-79/h1-20,22-31,33-34,36-40,42,44-48,57,66H,21,32,35,41,43H2. The predicted molar refractivity (Wildman–Crippen MR) is 345 cm³/mol. The first-order chi connectivity index (χ1) is 41.2. The van der Waals surface area contributed by atoms with Gasteiger partial charge in [-0.15, -0.1) is 0 Å². The van der Waals surface area contributed by atoms with E-state index in [-0.39, 0.29) is 6.10 Å². The van der Waals surface area contributed by atoms with Crippen LogP contribution in [0.5, 0.6) is 5.75 Å².